The normalized spacial score (nSPS) is 12.1. The molecular formula is C36H62O. The van der Waals surface area contributed by atoms with Crippen molar-refractivity contribution >= 4 is 0 Å². The standard InChI is InChI=1S/C36H62O/c1-3-5-6-7-8-9-10-11-12-13-14-15-16-17-18-19-20-21-22-23-24-25-26-27-28-29-30-31-32-33-34-35-36(37)4-2/h2,19-20,23-24,36-37H,3,5-18,21-22,25-26,29-35H2,1H3/t36-/m0/s1. The van der Waals surface area contributed by atoms with Gasteiger partial charge in [0.1, 0.15) is 6.10 Å². The van der Waals surface area contributed by atoms with E-state index >= 15 is 0 Å². The van der Waals surface area contributed by atoms with Crippen molar-refractivity contribution in [2.75, 3.05) is 0 Å². The zero-order chi connectivity index (χ0) is 26.9. The molecule has 1 heteroatoms. The number of aliphatic hydroxyl groups excluding tert-OH is 1. The van der Waals surface area contributed by atoms with Crippen LogP contribution >= 0.6 is 0 Å². The lowest BCUT2D eigenvalue weighted by atomic mass is 10.0. The summed E-state index contributed by atoms with van der Waals surface area (Å²) in [5.41, 5.74) is 0. The molecule has 0 fully saturated rings. The van der Waals surface area contributed by atoms with Crippen LogP contribution in [0, 0.1) is 24.2 Å². The fourth-order valence-electron chi connectivity index (χ4n) is 4.62. The Bertz CT molecular complexity index is 596. The first-order valence-electron chi connectivity index (χ1n) is 16.2. The largest absolute Gasteiger partial charge is 0.380 e. The fraction of sp³-hybridized carbons (Fsp3) is 0.778. The minimum absolute atomic E-state index is 0.556. The van der Waals surface area contributed by atoms with Gasteiger partial charge in [0.25, 0.3) is 0 Å². The number of terminal acetylenes is 1. The van der Waals surface area contributed by atoms with Gasteiger partial charge in [-0.2, -0.15) is 0 Å². The molecule has 0 radical (unpaired) electrons. The highest BCUT2D eigenvalue weighted by Crippen LogP contribution is 2.13. The number of unbranched alkanes of at least 4 members (excludes halogenated alkanes) is 21. The van der Waals surface area contributed by atoms with Gasteiger partial charge in [-0.15, -0.1) is 18.3 Å². The zero-order valence-electron chi connectivity index (χ0n) is 24.8. The SMILES string of the molecule is C#C[C@H](O)CCCCCCCC#CCCC=CCCC=CCCCCCCCCCCCCCCCC. The van der Waals surface area contributed by atoms with Gasteiger partial charge in [0.15, 0.2) is 0 Å². The molecule has 0 aromatic heterocycles. The van der Waals surface area contributed by atoms with Crippen LogP contribution in [0.4, 0.5) is 0 Å². The van der Waals surface area contributed by atoms with Crippen molar-refractivity contribution in [3.05, 3.63) is 24.3 Å². The minimum Gasteiger partial charge on any atom is -0.380 e. The van der Waals surface area contributed by atoms with Crippen molar-refractivity contribution in [2.24, 2.45) is 0 Å². The topological polar surface area (TPSA) is 20.2 Å². The third kappa shape index (κ3) is 32.5. The summed E-state index contributed by atoms with van der Waals surface area (Å²) in [6, 6.07) is 0. The summed E-state index contributed by atoms with van der Waals surface area (Å²) in [7, 11) is 0. The van der Waals surface area contributed by atoms with Gasteiger partial charge in [0.2, 0.25) is 0 Å². The lowest BCUT2D eigenvalue weighted by molar-refractivity contribution is 0.217. The van der Waals surface area contributed by atoms with Crippen LogP contribution in [0.15, 0.2) is 24.3 Å². The van der Waals surface area contributed by atoms with Crippen LogP contribution in [0.2, 0.25) is 0 Å². The summed E-state index contributed by atoms with van der Waals surface area (Å²) in [6.45, 7) is 2.29. The van der Waals surface area contributed by atoms with E-state index in [0.29, 0.717) is 0 Å². The highest BCUT2D eigenvalue weighted by atomic mass is 16.3. The van der Waals surface area contributed by atoms with Crippen molar-refractivity contribution in [1.29, 1.82) is 0 Å². The molecule has 0 saturated carbocycles. The van der Waals surface area contributed by atoms with Gasteiger partial charge in [0, 0.05) is 12.8 Å². The smallest absolute Gasteiger partial charge is 0.114 e. The van der Waals surface area contributed by atoms with Crippen molar-refractivity contribution < 1.29 is 5.11 Å². The molecule has 0 bridgehead atoms. The van der Waals surface area contributed by atoms with Crippen molar-refractivity contribution in [3.63, 3.8) is 0 Å². The van der Waals surface area contributed by atoms with Gasteiger partial charge in [0.05, 0.1) is 0 Å². The maximum Gasteiger partial charge on any atom is 0.114 e. The maximum atomic E-state index is 9.30. The third-order valence-corrected chi connectivity index (χ3v) is 7.09. The van der Waals surface area contributed by atoms with Gasteiger partial charge >= 0.3 is 0 Å². The average molecular weight is 511 g/mol. The van der Waals surface area contributed by atoms with E-state index in [0.717, 1.165) is 44.9 Å². The second kappa shape index (κ2) is 32.6. The van der Waals surface area contributed by atoms with Gasteiger partial charge in [-0.25, -0.2) is 0 Å². The van der Waals surface area contributed by atoms with Crippen LogP contribution < -0.4 is 0 Å². The van der Waals surface area contributed by atoms with E-state index in [4.69, 9.17) is 6.42 Å². The predicted molar refractivity (Wildman–Crippen MR) is 167 cm³/mol. The molecule has 0 aromatic carbocycles. The molecule has 0 saturated heterocycles. The Kier molecular flexibility index (Phi) is 31.3. The molecule has 0 rings (SSSR count). The number of allylic oxidation sites excluding steroid dienone is 4. The van der Waals surface area contributed by atoms with Gasteiger partial charge < -0.3 is 5.11 Å². The summed E-state index contributed by atoms with van der Waals surface area (Å²) >= 11 is 0. The average Bonchev–Trinajstić information content (AvgIpc) is 2.91. The number of rotatable bonds is 27. The van der Waals surface area contributed by atoms with Crippen LogP contribution in [0.3, 0.4) is 0 Å². The Morgan fingerprint density at radius 1 is 0.514 bits per heavy atom. The zero-order valence-corrected chi connectivity index (χ0v) is 24.8. The van der Waals surface area contributed by atoms with E-state index in [1.807, 2.05) is 0 Å². The molecule has 0 aliphatic heterocycles. The summed E-state index contributed by atoms with van der Waals surface area (Å²) in [5.74, 6) is 8.98. The predicted octanol–water partition coefficient (Wildman–Crippen LogP) is 11.3. The monoisotopic (exact) mass is 510 g/mol. The van der Waals surface area contributed by atoms with Crippen molar-refractivity contribution in [1.82, 2.24) is 0 Å². The molecule has 0 amide bonds. The first-order valence-corrected chi connectivity index (χ1v) is 16.2. The Morgan fingerprint density at radius 2 is 0.946 bits per heavy atom. The molecule has 0 aromatic rings. The molecule has 0 aliphatic carbocycles. The van der Waals surface area contributed by atoms with E-state index in [2.05, 4.69) is 49.0 Å². The highest BCUT2D eigenvalue weighted by molar-refractivity contribution is 5.00. The van der Waals surface area contributed by atoms with Gasteiger partial charge in [-0.05, 0) is 51.4 Å². The quantitative estimate of drug-likeness (QED) is 0.0661. The van der Waals surface area contributed by atoms with Crippen molar-refractivity contribution in [2.45, 2.75) is 180 Å². The van der Waals surface area contributed by atoms with E-state index < -0.39 is 6.10 Å². The fourth-order valence-corrected chi connectivity index (χ4v) is 4.62. The summed E-state index contributed by atoms with van der Waals surface area (Å²) in [4.78, 5) is 0. The van der Waals surface area contributed by atoms with Crippen molar-refractivity contribution in [3.8, 4) is 24.2 Å². The first-order chi connectivity index (χ1) is 18.3. The Morgan fingerprint density at radius 3 is 1.51 bits per heavy atom. The molecule has 37 heavy (non-hydrogen) atoms. The second-order valence-corrected chi connectivity index (χ2v) is 10.8. The van der Waals surface area contributed by atoms with E-state index in [-0.39, 0.29) is 0 Å². The second-order valence-electron chi connectivity index (χ2n) is 10.8. The Hall–Kier alpha value is -1.44. The number of hydrogen-bond donors (Lipinski definition) is 1. The first kappa shape index (κ1) is 35.6. The highest BCUT2D eigenvalue weighted by Gasteiger charge is 1.97. The molecule has 1 N–H and O–H groups in total. The van der Waals surface area contributed by atoms with Crippen LogP contribution in [0.25, 0.3) is 0 Å². The van der Waals surface area contributed by atoms with E-state index in [1.165, 1.54) is 122 Å². The van der Waals surface area contributed by atoms with E-state index in [1.54, 1.807) is 0 Å². The molecule has 0 aliphatic rings. The third-order valence-electron chi connectivity index (χ3n) is 7.09. The molecule has 0 spiro atoms. The minimum atomic E-state index is -0.556. The van der Waals surface area contributed by atoms with Crippen LogP contribution in [-0.4, -0.2) is 11.2 Å². The molecule has 0 heterocycles. The number of aliphatic hydroxyl groups is 1. The maximum absolute atomic E-state index is 9.30. The molecule has 1 nitrogen and oxygen atoms in total. The van der Waals surface area contributed by atoms with Gasteiger partial charge in [-0.1, -0.05) is 140 Å². The van der Waals surface area contributed by atoms with Gasteiger partial charge in [-0.3, -0.25) is 0 Å². The lowest BCUT2D eigenvalue weighted by Crippen LogP contribution is -2.01. The Balaban J connectivity index is 3.25. The molecular weight excluding hydrogens is 448 g/mol. The number of hydrogen-bond acceptors (Lipinski definition) is 1. The van der Waals surface area contributed by atoms with Crippen LogP contribution in [0.1, 0.15) is 174 Å². The Labute approximate surface area is 233 Å². The van der Waals surface area contributed by atoms with Crippen LogP contribution in [-0.2, 0) is 0 Å². The molecule has 1 atom stereocenters. The summed E-state index contributed by atoms with van der Waals surface area (Å²) < 4.78 is 0. The lowest BCUT2D eigenvalue weighted by Gasteiger charge is -2.02. The molecule has 212 valence electrons. The summed E-state index contributed by atoms with van der Waals surface area (Å²) in [6.07, 6.45) is 47.3. The van der Waals surface area contributed by atoms with E-state index in [9.17, 15) is 5.11 Å². The van der Waals surface area contributed by atoms with Crippen LogP contribution in [0.5, 0.6) is 0 Å². The molecule has 0 unspecified atom stereocenters. The summed E-state index contributed by atoms with van der Waals surface area (Å²) in [5, 5.41) is 9.30.